The number of hydrogen-bond acceptors (Lipinski definition) is 4. The highest BCUT2D eigenvalue weighted by molar-refractivity contribution is 6.29. The summed E-state index contributed by atoms with van der Waals surface area (Å²) in [6.45, 7) is 0.537. The van der Waals surface area contributed by atoms with Crippen LogP contribution in [0.5, 0.6) is 0 Å². The fraction of sp³-hybridized carbons (Fsp3) is 0.538. The molecule has 2 N–H and O–H groups in total. The molecular weight excluding hydrogens is 282 g/mol. The molecule has 108 valence electrons. The highest BCUT2D eigenvalue weighted by Crippen LogP contribution is 2.28. The predicted octanol–water partition coefficient (Wildman–Crippen LogP) is 1.75. The first-order valence-electron chi connectivity index (χ1n) is 6.56. The van der Waals surface area contributed by atoms with Gasteiger partial charge in [0.1, 0.15) is 0 Å². The second-order valence-corrected chi connectivity index (χ2v) is 5.39. The zero-order valence-corrected chi connectivity index (χ0v) is 11.6. The molecule has 1 heterocycles. The van der Waals surface area contributed by atoms with Gasteiger partial charge in [0.25, 0.3) is 5.91 Å². The van der Waals surface area contributed by atoms with Gasteiger partial charge in [-0.3, -0.25) is 9.59 Å². The van der Waals surface area contributed by atoms with Crippen LogP contribution in [0.25, 0.3) is 0 Å². The van der Waals surface area contributed by atoms with Crippen molar-refractivity contribution >= 4 is 23.5 Å². The summed E-state index contributed by atoms with van der Waals surface area (Å²) in [5.74, 6) is -0.905. The minimum absolute atomic E-state index is 0.230. The first kappa shape index (κ1) is 14.7. The summed E-state index contributed by atoms with van der Waals surface area (Å²) >= 11 is 5.60. The third-order valence-electron chi connectivity index (χ3n) is 3.61. The number of nitrogens with one attached hydrogen (secondary N) is 1. The van der Waals surface area contributed by atoms with Crippen molar-refractivity contribution in [3.63, 3.8) is 0 Å². The standard InChI is InChI=1S/C13H16ClN3O3/c14-11-6-5-10(16-17-11)12(18)15-7-8-1-3-9(4-2-8)13(19)20/h5-6,8-9H,1-4,7H2,(H,15,18)(H,19,20). The maximum atomic E-state index is 11.8. The molecule has 1 aromatic rings. The molecule has 1 aliphatic rings. The van der Waals surface area contributed by atoms with Crippen molar-refractivity contribution in [2.75, 3.05) is 6.54 Å². The van der Waals surface area contributed by atoms with Crippen LogP contribution >= 0.6 is 11.6 Å². The Hall–Kier alpha value is -1.69. The second kappa shape index (κ2) is 6.65. The molecule has 0 aromatic carbocycles. The number of nitrogens with zero attached hydrogens (tertiary/aromatic N) is 2. The number of aliphatic carboxylic acids is 1. The van der Waals surface area contributed by atoms with Crippen LogP contribution in [-0.4, -0.2) is 33.7 Å². The van der Waals surface area contributed by atoms with E-state index < -0.39 is 5.97 Å². The molecule has 1 amide bonds. The number of aromatic nitrogens is 2. The van der Waals surface area contributed by atoms with Crippen LogP contribution in [0.15, 0.2) is 12.1 Å². The van der Waals surface area contributed by atoms with Crippen LogP contribution in [0.4, 0.5) is 0 Å². The molecule has 0 bridgehead atoms. The molecule has 0 atom stereocenters. The van der Waals surface area contributed by atoms with Crippen LogP contribution in [0.2, 0.25) is 5.15 Å². The van der Waals surface area contributed by atoms with E-state index in [1.165, 1.54) is 12.1 Å². The van der Waals surface area contributed by atoms with E-state index in [1.807, 2.05) is 0 Å². The third-order valence-corrected chi connectivity index (χ3v) is 3.81. The topological polar surface area (TPSA) is 92.2 Å². The lowest BCUT2D eigenvalue weighted by molar-refractivity contribution is -0.143. The SMILES string of the molecule is O=C(NCC1CCC(C(=O)O)CC1)c1ccc(Cl)nn1. The second-order valence-electron chi connectivity index (χ2n) is 5.01. The van der Waals surface area contributed by atoms with E-state index in [0.29, 0.717) is 25.3 Å². The number of amides is 1. The van der Waals surface area contributed by atoms with Crippen molar-refractivity contribution < 1.29 is 14.7 Å². The third kappa shape index (κ3) is 3.90. The quantitative estimate of drug-likeness (QED) is 0.883. The van der Waals surface area contributed by atoms with Crippen LogP contribution in [0.3, 0.4) is 0 Å². The van der Waals surface area contributed by atoms with Crippen molar-refractivity contribution in [1.29, 1.82) is 0 Å². The van der Waals surface area contributed by atoms with Gasteiger partial charge in [0, 0.05) is 6.54 Å². The lowest BCUT2D eigenvalue weighted by atomic mass is 9.82. The Bertz CT molecular complexity index is 484. The lowest BCUT2D eigenvalue weighted by Gasteiger charge is -2.26. The maximum absolute atomic E-state index is 11.8. The monoisotopic (exact) mass is 297 g/mol. The molecule has 2 rings (SSSR count). The van der Waals surface area contributed by atoms with Crippen molar-refractivity contribution in [1.82, 2.24) is 15.5 Å². The summed E-state index contributed by atoms with van der Waals surface area (Å²) < 4.78 is 0. The van der Waals surface area contributed by atoms with Gasteiger partial charge in [-0.05, 0) is 43.7 Å². The Balaban J connectivity index is 1.77. The van der Waals surface area contributed by atoms with Crippen LogP contribution in [-0.2, 0) is 4.79 Å². The van der Waals surface area contributed by atoms with E-state index in [4.69, 9.17) is 16.7 Å². The summed E-state index contributed by atoms with van der Waals surface area (Å²) in [5, 5.41) is 19.3. The minimum Gasteiger partial charge on any atom is -0.481 e. The van der Waals surface area contributed by atoms with E-state index in [0.717, 1.165) is 12.8 Å². The first-order valence-corrected chi connectivity index (χ1v) is 6.94. The van der Waals surface area contributed by atoms with Crippen LogP contribution < -0.4 is 5.32 Å². The number of carbonyl (C=O) groups excluding carboxylic acids is 1. The Morgan fingerprint density at radius 3 is 2.50 bits per heavy atom. The molecule has 1 aromatic heterocycles. The van der Waals surface area contributed by atoms with Gasteiger partial charge in [-0.25, -0.2) is 0 Å². The van der Waals surface area contributed by atoms with Gasteiger partial charge in [0.2, 0.25) is 0 Å². The van der Waals surface area contributed by atoms with Gasteiger partial charge in [-0.1, -0.05) is 11.6 Å². The van der Waals surface area contributed by atoms with Crippen molar-refractivity contribution in [2.45, 2.75) is 25.7 Å². The van der Waals surface area contributed by atoms with Crippen molar-refractivity contribution in [3.05, 3.63) is 23.0 Å². The first-order chi connectivity index (χ1) is 9.56. The summed E-state index contributed by atoms with van der Waals surface area (Å²) in [6.07, 6.45) is 3.00. The average molecular weight is 298 g/mol. The molecule has 7 heteroatoms. The lowest BCUT2D eigenvalue weighted by Crippen LogP contribution is -2.32. The van der Waals surface area contributed by atoms with Gasteiger partial charge in [0.05, 0.1) is 5.92 Å². The largest absolute Gasteiger partial charge is 0.481 e. The number of carbonyl (C=O) groups is 2. The zero-order valence-electron chi connectivity index (χ0n) is 10.9. The molecule has 0 spiro atoms. The number of carboxylic acids is 1. The highest BCUT2D eigenvalue weighted by atomic mass is 35.5. The van der Waals surface area contributed by atoms with Gasteiger partial charge in [-0.2, -0.15) is 0 Å². The molecule has 1 fully saturated rings. The van der Waals surface area contributed by atoms with Gasteiger partial charge >= 0.3 is 5.97 Å². The minimum atomic E-state index is -0.719. The number of hydrogen-bond donors (Lipinski definition) is 2. The Kier molecular flexibility index (Phi) is 4.89. The number of rotatable bonds is 4. The van der Waals surface area contributed by atoms with Gasteiger partial charge in [0.15, 0.2) is 10.8 Å². The van der Waals surface area contributed by atoms with Gasteiger partial charge in [-0.15, -0.1) is 10.2 Å². The van der Waals surface area contributed by atoms with Crippen LogP contribution in [0, 0.1) is 11.8 Å². The smallest absolute Gasteiger partial charge is 0.306 e. The van der Waals surface area contributed by atoms with E-state index in [2.05, 4.69) is 15.5 Å². The average Bonchev–Trinajstić information content (AvgIpc) is 2.46. The van der Waals surface area contributed by atoms with Gasteiger partial charge < -0.3 is 10.4 Å². The van der Waals surface area contributed by atoms with Crippen molar-refractivity contribution in [2.24, 2.45) is 11.8 Å². The Morgan fingerprint density at radius 2 is 1.95 bits per heavy atom. The number of halogens is 1. The van der Waals surface area contributed by atoms with E-state index in [-0.39, 0.29) is 22.7 Å². The van der Waals surface area contributed by atoms with E-state index >= 15 is 0 Å². The van der Waals surface area contributed by atoms with Crippen molar-refractivity contribution in [3.8, 4) is 0 Å². The summed E-state index contributed by atoms with van der Waals surface area (Å²) in [7, 11) is 0. The highest BCUT2D eigenvalue weighted by Gasteiger charge is 2.26. The summed E-state index contributed by atoms with van der Waals surface area (Å²) in [5.41, 5.74) is 0.230. The number of carboxylic acid groups (broad SMARTS) is 1. The molecule has 1 saturated carbocycles. The van der Waals surface area contributed by atoms with E-state index in [9.17, 15) is 9.59 Å². The predicted molar refractivity (Wildman–Crippen MR) is 72.5 cm³/mol. The normalized spacial score (nSPS) is 22.2. The summed E-state index contributed by atoms with van der Waals surface area (Å²) in [6, 6.07) is 3.04. The molecular formula is C13H16ClN3O3. The molecule has 0 unspecified atom stereocenters. The molecule has 1 aliphatic carbocycles. The van der Waals surface area contributed by atoms with E-state index in [1.54, 1.807) is 0 Å². The maximum Gasteiger partial charge on any atom is 0.306 e. The molecule has 0 saturated heterocycles. The fourth-order valence-electron chi connectivity index (χ4n) is 2.38. The molecule has 0 aliphatic heterocycles. The molecule has 20 heavy (non-hydrogen) atoms. The Morgan fingerprint density at radius 1 is 1.25 bits per heavy atom. The fourth-order valence-corrected chi connectivity index (χ4v) is 2.48. The summed E-state index contributed by atoms with van der Waals surface area (Å²) in [4.78, 5) is 22.7. The Labute approximate surface area is 121 Å². The molecule has 6 nitrogen and oxygen atoms in total. The molecule has 0 radical (unpaired) electrons. The van der Waals surface area contributed by atoms with Crippen LogP contribution in [0.1, 0.15) is 36.2 Å². The zero-order chi connectivity index (χ0) is 14.5.